The highest BCUT2D eigenvalue weighted by Crippen LogP contribution is 2.26. The smallest absolute Gasteiger partial charge is 0.0563 e. The molecule has 3 heteroatoms. The summed E-state index contributed by atoms with van der Waals surface area (Å²) in [6.07, 6.45) is 1.81. The normalized spacial score (nSPS) is 12.7. The Morgan fingerprint density at radius 2 is 2.13 bits per heavy atom. The molecule has 0 amide bonds. The molecule has 1 unspecified atom stereocenters. The lowest BCUT2D eigenvalue weighted by atomic mass is 10.0. The molecule has 78 valence electrons. The van der Waals surface area contributed by atoms with Gasteiger partial charge in [-0.05, 0) is 48.6 Å². The quantitative estimate of drug-likeness (QED) is 0.841. The maximum atomic E-state index is 6.21. The van der Waals surface area contributed by atoms with Crippen molar-refractivity contribution in [3.05, 3.63) is 51.5 Å². The van der Waals surface area contributed by atoms with Crippen LogP contribution < -0.4 is 5.73 Å². The molecule has 2 heterocycles. The minimum absolute atomic E-state index is 0.0297. The van der Waals surface area contributed by atoms with Gasteiger partial charge in [-0.15, -0.1) is 11.3 Å². The van der Waals surface area contributed by atoms with Crippen LogP contribution in [0.3, 0.4) is 0 Å². The Labute approximate surface area is 93.8 Å². The molecule has 0 aliphatic heterocycles. The molecule has 0 aromatic carbocycles. The van der Waals surface area contributed by atoms with Crippen molar-refractivity contribution in [2.75, 3.05) is 0 Å². The molecular formula is C12H14N2S. The van der Waals surface area contributed by atoms with Gasteiger partial charge in [0.15, 0.2) is 0 Å². The monoisotopic (exact) mass is 218 g/mol. The first-order valence-corrected chi connectivity index (χ1v) is 5.78. The summed E-state index contributed by atoms with van der Waals surface area (Å²) in [4.78, 5) is 5.46. The van der Waals surface area contributed by atoms with Crippen LogP contribution in [0.5, 0.6) is 0 Å². The van der Waals surface area contributed by atoms with E-state index in [9.17, 15) is 0 Å². The standard InChI is InChI=1S/C12H14N2S/c1-8-7-10(3-5-14-8)12(13)11-4-6-15-9(11)2/h3-7,12H,13H2,1-2H3. The minimum atomic E-state index is -0.0297. The summed E-state index contributed by atoms with van der Waals surface area (Å²) in [7, 11) is 0. The zero-order valence-electron chi connectivity index (χ0n) is 8.90. The number of nitrogens with zero attached hydrogens (tertiary/aromatic N) is 1. The predicted molar refractivity (Wildman–Crippen MR) is 64.1 cm³/mol. The summed E-state index contributed by atoms with van der Waals surface area (Å²) in [5.41, 5.74) is 9.56. The third-order valence-electron chi connectivity index (χ3n) is 2.51. The van der Waals surface area contributed by atoms with Gasteiger partial charge in [-0.2, -0.15) is 0 Å². The zero-order chi connectivity index (χ0) is 10.8. The van der Waals surface area contributed by atoms with Crippen LogP contribution in [0.4, 0.5) is 0 Å². The van der Waals surface area contributed by atoms with Gasteiger partial charge in [0.2, 0.25) is 0 Å². The van der Waals surface area contributed by atoms with E-state index in [1.165, 1.54) is 10.4 Å². The van der Waals surface area contributed by atoms with Crippen LogP contribution in [0.1, 0.15) is 27.7 Å². The first-order valence-electron chi connectivity index (χ1n) is 4.90. The Hall–Kier alpha value is -1.19. The molecule has 0 fully saturated rings. The second-order valence-electron chi connectivity index (χ2n) is 3.64. The first-order chi connectivity index (χ1) is 7.18. The van der Waals surface area contributed by atoms with Gasteiger partial charge in [0, 0.05) is 16.8 Å². The van der Waals surface area contributed by atoms with Crippen LogP contribution in [-0.4, -0.2) is 4.98 Å². The molecule has 0 saturated heterocycles. The van der Waals surface area contributed by atoms with Crippen molar-refractivity contribution in [3.8, 4) is 0 Å². The molecule has 2 N–H and O–H groups in total. The van der Waals surface area contributed by atoms with Crippen LogP contribution in [0.25, 0.3) is 0 Å². The van der Waals surface area contributed by atoms with Gasteiger partial charge in [-0.25, -0.2) is 0 Å². The van der Waals surface area contributed by atoms with Crippen molar-refractivity contribution in [2.24, 2.45) is 5.73 Å². The van der Waals surface area contributed by atoms with Crippen molar-refractivity contribution in [2.45, 2.75) is 19.9 Å². The number of nitrogens with two attached hydrogens (primary N) is 1. The van der Waals surface area contributed by atoms with Crippen molar-refractivity contribution in [1.29, 1.82) is 0 Å². The molecule has 2 nitrogen and oxygen atoms in total. The van der Waals surface area contributed by atoms with Crippen molar-refractivity contribution in [3.63, 3.8) is 0 Å². The van der Waals surface area contributed by atoms with Gasteiger partial charge in [0.1, 0.15) is 0 Å². The van der Waals surface area contributed by atoms with Gasteiger partial charge in [-0.3, -0.25) is 4.98 Å². The number of aryl methyl sites for hydroxylation is 2. The Balaban J connectivity index is 2.36. The first kappa shape index (κ1) is 10.3. The molecule has 15 heavy (non-hydrogen) atoms. The lowest BCUT2D eigenvalue weighted by Gasteiger charge is -2.12. The SMILES string of the molecule is Cc1cc(C(N)c2ccsc2C)ccn1. The maximum Gasteiger partial charge on any atom is 0.0563 e. The fourth-order valence-corrected chi connectivity index (χ4v) is 2.41. The van der Waals surface area contributed by atoms with Crippen LogP contribution in [0.2, 0.25) is 0 Å². The molecular weight excluding hydrogens is 204 g/mol. The third-order valence-corrected chi connectivity index (χ3v) is 3.38. The molecule has 0 radical (unpaired) electrons. The van der Waals surface area contributed by atoms with E-state index in [0.29, 0.717) is 0 Å². The summed E-state index contributed by atoms with van der Waals surface area (Å²) in [6.45, 7) is 4.09. The Kier molecular flexibility index (Phi) is 2.84. The summed E-state index contributed by atoms with van der Waals surface area (Å²) >= 11 is 1.74. The highest BCUT2D eigenvalue weighted by atomic mass is 32.1. The number of thiophene rings is 1. The molecule has 1 atom stereocenters. The zero-order valence-corrected chi connectivity index (χ0v) is 9.71. The predicted octanol–water partition coefficient (Wildman–Crippen LogP) is 2.81. The molecule has 2 rings (SSSR count). The molecule has 0 saturated carbocycles. The number of aromatic nitrogens is 1. The second kappa shape index (κ2) is 4.13. The Bertz CT molecular complexity index is 462. The van der Waals surface area contributed by atoms with E-state index in [2.05, 4.69) is 23.4 Å². The van der Waals surface area contributed by atoms with E-state index in [4.69, 9.17) is 5.73 Å². The van der Waals surface area contributed by atoms with Crippen LogP contribution >= 0.6 is 11.3 Å². The molecule has 2 aromatic rings. The fraction of sp³-hybridized carbons (Fsp3) is 0.250. The maximum absolute atomic E-state index is 6.21. The van der Waals surface area contributed by atoms with E-state index in [1.807, 2.05) is 25.3 Å². The minimum Gasteiger partial charge on any atom is -0.320 e. The average molecular weight is 218 g/mol. The van der Waals surface area contributed by atoms with E-state index >= 15 is 0 Å². The average Bonchev–Trinajstić information content (AvgIpc) is 2.63. The van der Waals surface area contributed by atoms with Crippen LogP contribution in [0.15, 0.2) is 29.8 Å². The van der Waals surface area contributed by atoms with Gasteiger partial charge < -0.3 is 5.73 Å². The summed E-state index contributed by atoms with van der Waals surface area (Å²) < 4.78 is 0. The number of hydrogen-bond donors (Lipinski definition) is 1. The number of hydrogen-bond acceptors (Lipinski definition) is 3. The number of pyridine rings is 1. The van der Waals surface area contributed by atoms with E-state index in [1.54, 1.807) is 11.3 Å². The second-order valence-corrected chi connectivity index (χ2v) is 4.76. The third kappa shape index (κ3) is 2.08. The lowest BCUT2D eigenvalue weighted by molar-refractivity contribution is 0.862. The van der Waals surface area contributed by atoms with Gasteiger partial charge in [-0.1, -0.05) is 0 Å². The Morgan fingerprint density at radius 3 is 2.73 bits per heavy atom. The molecule has 0 spiro atoms. The van der Waals surface area contributed by atoms with Crippen LogP contribution in [0, 0.1) is 13.8 Å². The van der Waals surface area contributed by atoms with Crippen LogP contribution in [-0.2, 0) is 0 Å². The van der Waals surface area contributed by atoms with E-state index in [0.717, 1.165) is 11.3 Å². The highest BCUT2D eigenvalue weighted by molar-refractivity contribution is 7.10. The largest absolute Gasteiger partial charge is 0.320 e. The molecule has 2 aromatic heterocycles. The molecule has 0 aliphatic rings. The topological polar surface area (TPSA) is 38.9 Å². The summed E-state index contributed by atoms with van der Waals surface area (Å²) in [5.74, 6) is 0. The van der Waals surface area contributed by atoms with Gasteiger partial charge in [0.25, 0.3) is 0 Å². The highest BCUT2D eigenvalue weighted by Gasteiger charge is 2.12. The van der Waals surface area contributed by atoms with Crippen molar-refractivity contribution >= 4 is 11.3 Å². The van der Waals surface area contributed by atoms with E-state index < -0.39 is 0 Å². The Morgan fingerprint density at radius 1 is 1.33 bits per heavy atom. The summed E-state index contributed by atoms with van der Waals surface area (Å²) in [5, 5.41) is 2.08. The fourth-order valence-electron chi connectivity index (χ4n) is 1.66. The lowest BCUT2D eigenvalue weighted by Crippen LogP contribution is -2.12. The van der Waals surface area contributed by atoms with Gasteiger partial charge >= 0.3 is 0 Å². The van der Waals surface area contributed by atoms with Gasteiger partial charge in [0.05, 0.1) is 6.04 Å². The van der Waals surface area contributed by atoms with Crippen molar-refractivity contribution < 1.29 is 0 Å². The molecule has 0 bridgehead atoms. The van der Waals surface area contributed by atoms with E-state index in [-0.39, 0.29) is 6.04 Å². The summed E-state index contributed by atoms with van der Waals surface area (Å²) in [6, 6.07) is 6.09. The van der Waals surface area contributed by atoms with Crippen molar-refractivity contribution in [1.82, 2.24) is 4.98 Å². The molecule has 0 aliphatic carbocycles. The number of rotatable bonds is 2.